The molecule has 0 aliphatic carbocycles. The summed E-state index contributed by atoms with van der Waals surface area (Å²) in [5.41, 5.74) is 9.57. The molecule has 1 aliphatic heterocycles. The number of hydrogen-bond donors (Lipinski definition) is 2. The van der Waals surface area contributed by atoms with Crippen LogP contribution in [0.5, 0.6) is 0 Å². The second-order valence-electron chi connectivity index (χ2n) is 7.99. The van der Waals surface area contributed by atoms with E-state index in [1.165, 1.54) is 10.8 Å². The third-order valence-electron chi connectivity index (χ3n) is 5.67. The predicted molar refractivity (Wildman–Crippen MR) is 109 cm³/mol. The van der Waals surface area contributed by atoms with Crippen LogP contribution in [0.3, 0.4) is 0 Å². The Morgan fingerprint density at radius 3 is 2.35 bits per heavy atom. The third kappa shape index (κ3) is 2.76. The maximum absolute atomic E-state index is 6.15. The van der Waals surface area contributed by atoms with Crippen molar-refractivity contribution in [3.63, 3.8) is 0 Å². The number of hydrogen-bond acceptors (Lipinski definition) is 3. The predicted octanol–water partition coefficient (Wildman–Crippen LogP) is 4.29. The molecule has 4 nitrogen and oxygen atoms in total. The first-order valence-electron chi connectivity index (χ1n) is 9.07. The van der Waals surface area contributed by atoms with Gasteiger partial charge in [0.2, 0.25) is 0 Å². The molecule has 3 aromatic rings. The van der Waals surface area contributed by atoms with E-state index in [-0.39, 0.29) is 11.2 Å². The van der Waals surface area contributed by atoms with Crippen molar-refractivity contribution in [3.05, 3.63) is 53.5 Å². The first-order valence-corrected chi connectivity index (χ1v) is 9.07. The van der Waals surface area contributed by atoms with Crippen molar-refractivity contribution in [2.45, 2.75) is 38.9 Å². The fourth-order valence-corrected chi connectivity index (χ4v) is 3.39. The van der Waals surface area contributed by atoms with Gasteiger partial charge in [0, 0.05) is 28.4 Å². The molecule has 0 unspecified atom stereocenters. The van der Waals surface area contributed by atoms with Crippen molar-refractivity contribution < 1.29 is 9.31 Å². The van der Waals surface area contributed by atoms with Gasteiger partial charge < -0.3 is 20.0 Å². The van der Waals surface area contributed by atoms with E-state index in [4.69, 9.17) is 15.0 Å². The zero-order valence-corrected chi connectivity index (χ0v) is 15.8. The summed E-state index contributed by atoms with van der Waals surface area (Å²) in [6.07, 6.45) is 2.08. The fourth-order valence-electron chi connectivity index (χ4n) is 3.39. The molecule has 0 amide bonds. The number of nitrogens with one attached hydrogen (secondary N) is 1. The maximum Gasteiger partial charge on any atom is 0.491 e. The van der Waals surface area contributed by atoms with Gasteiger partial charge in [-0.05, 0) is 50.9 Å². The molecule has 0 radical (unpaired) electrons. The molecule has 1 fully saturated rings. The summed E-state index contributed by atoms with van der Waals surface area (Å²) in [7, 11) is -0.414. The lowest BCUT2D eigenvalue weighted by Gasteiger charge is -2.32. The highest BCUT2D eigenvalue weighted by Gasteiger charge is 2.52. The average Bonchev–Trinajstić information content (AvgIpc) is 3.06. The maximum atomic E-state index is 6.15. The molecule has 4 rings (SSSR count). The lowest BCUT2D eigenvalue weighted by molar-refractivity contribution is 0.00578. The van der Waals surface area contributed by atoms with E-state index in [0.717, 1.165) is 22.1 Å². The number of fused-ring (bicyclic) bond motifs is 3. The molecule has 1 saturated heterocycles. The van der Waals surface area contributed by atoms with Crippen LogP contribution in [0, 0.1) is 0 Å². The molecule has 2 heterocycles. The molecule has 5 heteroatoms. The minimum atomic E-state index is -0.414. The number of para-hydroxylation sites is 1. The second kappa shape index (κ2) is 5.98. The van der Waals surface area contributed by atoms with Crippen molar-refractivity contribution >= 4 is 35.0 Å². The Labute approximate surface area is 154 Å². The number of aromatic nitrogens is 1. The van der Waals surface area contributed by atoms with Gasteiger partial charge in [0.15, 0.2) is 0 Å². The van der Waals surface area contributed by atoms with Crippen LogP contribution < -0.4 is 5.73 Å². The Bertz CT molecular complexity index is 988. The molecule has 0 spiro atoms. The quantitative estimate of drug-likeness (QED) is 0.694. The van der Waals surface area contributed by atoms with Crippen molar-refractivity contribution in [1.29, 1.82) is 0 Å². The summed E-state index contributed by atoms with van der Waals surface area (Å²) in [5, 5.41) is 2.46. The normalized spacial score (nSPS) is 19.6. The van der Waals surface area contributed by atoms with Crippen molar-refractivity contribution in [2.75, 3.05) is 6.54 Å². The summed E-state index contributed by atoms with van der Waals surface area (Å²) in [6, 6.07) is 14.8. The Hall–Kier alpha value is -2.08. The van der Waals surface area contributed by atoms with Gasteiger partial charge in [0.05, 0.1) is 11.2 Å². The highest BCUT2D eigenvalue weighted by Crippen LogP contribution is 2.38. The highest BCUT2D eigenvalue weighted by molar-refractivity contribution is 6.55. The summed E-state index contributed by atoms with van der Waals surface area (Å²) < 4.78 is 12.3. The third-order valence-corrected chi connectivity index (χ3v) is 5.67. The van der Waals surface area contributed by atoms with E-state index >= 15 is 0 Å². The van der Waals surface area contributed by atoms with Gasteiger partial charge in [-0.25, -0.2) is 0 Å². The lowest BCUT2D eigenvalue weighted by Crippen LogP contribution is -2.41. The van der Waals surface area contributed by atoms with Gasteiger partial charge in [0.1, 0.15) is 0 Å². The standard InChI is InChI=1S/C21H25BN2O2/c1-20(2)21(3,4)26-22(25-20)15(13-23)11-14-9-10-17-16-7-5-6-8-18(16)24-19(17)12-14/h5-12,24H,13,23H2,1-4H3. The largest absolute Gasteiger partial charge is 0.491 e. The van der Waals surface area contributed by atoms with E-state index in [1.807, 2.05) is 6.07 Å². The fraction of sp³-hybridized carbons (Fsp3) is 0.333. The molecular formula is C21H25BN2O2. The Morgan fingerprint density at radius 2 is 1.65 bits per heavy atom. The summed E-state index contributed by atoms with van der Waals surface area (Å²) in [6.45, 7) is 8.60. The van der Waals surface area contributed by atoms with E-state index in [1.54, 1.807) is 0 Å². The minimum Gasteiger partial charge on any atom is -0.400 e. The molecular weight excluding hydrogens is 323 g/mol. The van der Waals surface area contributed by atoms with Crippen molar-refractivity contribution in [1.82, 2.24) is 4.98 Å². The van der Waals surface area contributed by atoms with Crippen molar-refractivity contribution in [3.8, 4) is 0 Å². The van der Waals surface area contributed by atoms with Crippen molar-refractivity contribution in [2.24, 2.45) is 5.73 Å². The van der Waals surface area contributed by atoms with E-state index in [0.29, 0.717) is 6.54 Å². The second-order valence-corrected chi connectivity index (χ2v) is 7.99. The van der Waals surface area contributed by atoms with Crippen LogP contribution in [0.25, 0.3) is 27.9 Å². The minimum absolute atomic E-state index is 0.368. The van der Waals surface area contributed by atoms with Gasteiger partial charge in [-0.15, -0.1) is 0 Å². The van der Waals surface area contributed by atoms with Crippen LogP contribution in [-0.4, -0.2) is 29.8 Å². The van der Waals surface area contributed by atoms with Crippen LogP contribution in [0.4, 0.5) is 0 Å². The lowest BCUT2D eigenvalue weighted by atomic mass is 9.77. The van der Waals surface area contributed by atoms with Gasteiger partial charge in [-0.1, -0.05) is 36.4 Å². The van der Waals surface area contributed by atoms with Gasteiger partial charge >= 0.3 is 7.12 Å². The molecule has 0 bridgehead atoms. The zero-order valence-electron chi connectivity index (χ0n) is 15.8. The number of aromatic amines is 1. The van der Waals surface area contributed by atoms with E-state index in [9.17, 15) is 0 Å². The highest BCUT2D eigenvalue weighted by atomic mass is 16.7. The van der Waals surface area contributed by atoms with Gasteiger partial charge in [0.25, 0.3) is 0 Å². The molecule has 0 atom stereocenters. The molecule has 0 saturated carbocycles. The number of rotatable bonds is 3. The molecule has 1 aromatic heterocycles. The molecule has 3 N–H and O–H groups in total. The Kier molecular flexibility index (Phi) is 3.99. The first kappa shape index (κ1) is 17.3. The number of benzene rings is 2. The Morgan fingerprint density at radius 1 is 1.00 bits per heavy atom. The van der Waals surface area contributed by atoms with Crippen LogP contribution in [0.15, 0.2) is 47.9 Å². The zero-order chi connectivity index (χ0) is 18.5. The van der Waals surface area contributed by atoms with Gasteiger partial charge in [-0.2, -0.15) is 0 Å². The average molecular weight is 348 g/mol. The summed E-state index contributed by atoms with van der Waals surface area (Å²) >= 11 is 0. The SMILES string of the molecule is CC1(C)OB(C(=Cc2ccc3c(c2)[nH]c2ccccc23)CN)OC1(C)C. The Balaban J connectivity index is 1.71. The number of H-pyrrole nitrogens is 1. The monoisotopic (exact) mass is 348 g/mol. The van der Waals surface area contributed by atoms with Crippen LogP contribution in [-0.2, 0) is 9.31 Å². The van der Waals surface area contributed by atoms with E-state index < -0.39 is 7.12 Å². The van der Waals surface area contributed by atoms with E-state index in [2.05, 4.69) is 75.2 Å². The van der Waals surface area contributed by atoms with Gasteiger partial charge in [-0.3, -0.25) is 0 Å². The molecule has 1 aliphatic rings. The summed E-state index contributed by atoms with van der Waals surface area (Å²) in [5.74, 6) is 0. The number of nitrogens with two attached hydrogens (primary N) is 1. The van der Waals surface area contributed by atoms with Crippen LogP contribution >= 0.6 is 0 Å². The molecule has 134 valence electrons. The summed E-state index contributed by atoms with van der Waals surface area (Å²) in [4.78, 5) is 3.48. The van der Waals surface area contributed by atoms with Crippen LogP contribution in [0.1, 0.15) is 33.3 Å². The smallest absolute Gasteiger partial charge is 0.400 e. The first-order chi connectivity index (χ1) is 12.3. The topological polar surface area (TPSA) is 60.3 Å². The van der Waals surface area contributed by atoms with Crippen LogP contribution in [0.2, 0.25) is 0 Å². The molecule has 2 aromatic carbocycles. The molecule has 26 heavy (non-hydrogen) atoms.